The molecule has 3 heterocycles. The molecule has 2 aliphatic heterocycles. The standard InChI is InChI=1S/C20H34N6O/c1-15(2)24-10-12-25(13-11-24)16-8-9-26(14-16)20(27)21-19-17-6-4-5-7-18(17)22-23(19)3/h15-16H,4-14H2,1-3H3,(H,21,27). The molecular formula is C20H34N6O. The van der Waals surface area contributed by atoms with Crippen molar-refractivity contribution in [2.75, 3.05) is 44.6 Å². The fourth-order valence-corrected chi connectivity index (χ4v) is 4.86. The first-order valence-corrected chi connectivity index (χ1v) is 10.6. The van der Waals surface area contributed by atoms with E-state index in [4.69, 9.17) is 0 Å². The van der Waals surface area contributed by atoms with Crippen LogP contribution in [0.2, 0.25) is 0 Å². The quantitative estimate of drug-likeness (QED) is 0.878. The maximum absolute atomic E-state index is 12.9. The highest BCUT2D eigenvalue weighted by Gasteiger charge is 2.33. The highest BCUT2D eigenvalue weighted by molar-refractivity contribution is 5.89. The molecule has 1 aromatic rings. The summed E-state index contributed by atoms with van der Waals surface area (Å²) in [7, 11) is 1.94. The fourth-order valence-electron chi connectivity index (χ4n) is 4.86. The fraction of sp³-hybridized carbons (Fsp3) is 0.800. The van der Waals surface area contributed by atoms with Gasteiger partial charge < -0.3 is 4.90 Å². The number of rotatable bonds is 3. The van der Waals surface area contributed by atoms with Crippen molar-refractivity contribution in [2.24, 2.45) is 7.05 Å². The maximum atomic E-state index is 12.9. The highest BCUT2D eigenvalue weighted by Crippen LogP contribution is 2.28. The Morgan fingerprint density at radius 3 is 2.59 bits per heavy atom. The van der Waals surface area contributed by atoms with Gasteiger partial charge in [0, 0.05) is 64.0 Å². The van der Waals surface area contributed by atoms with Crippen molar-refractivity contribution in [3.63, 3.8) is 0 Å². The second-order valence-electron chi connectivity index (χ2n) is 8.59. The lowest BCUT2D eigenvalue weighted by Gasteiger charge is -2.39. The van der Waals surface area contributed by atoms with Gasteiger partial charge in [-0.2, -0.15) is 5.10 Å². The molecule has 2 amide bonds. The highest BCUT2D eigenvalue weighted by atomic mass is 16.2. The molecule has 27 heavy (non-hydrogen) atoms. The van der Waals surface area contributed by atoms with E-state index in [0.717, 1.165) is 64.3 Å². The molecule has 1 aromatic heterocycles. The Balaban J connectivity index is 1.33. The lowest BCUT2D eigenvalue weighted by atomic mass is 9.97. The van der Waals surface area contributed by atoms with Crippen LogP contribution < -0.4 is 5.32 Å². The molecule has 1 aliphatic carbocycles. The Hall–Kier alpha value is -1.60. The minimum atomic E-state index is 0.0367. The number of aryl methyl sites for hydroxylation is 2. The zero-order valence-corrected chi connectivity index (χ0v) is 17.1. The summed E-state index contributed by atoms with van der Waals surface area (Å²) in [4.78, 5) is 20.0. The number of carbonyl (C=O) groups excluding carboxylic acids is 1. The number of likely N-dealkylation sites (tertiary alicyclic amines) is 1. The zero-order chi connectivity index (χ0) is 19.0. The molecule has 2 fully saturated rings. The van der Waals surface area contributed by atoms with Crippen LogP contribution in [0.4, 0.5) is 10.6 Å². The summed E-state index contributed by atoms with van der Waals surface area (Å²) in [6, 6.07) is 1.17. The number of carbonyl (C=O) groups is 1. The number of hydrogen-bond acceptors (Lipinski definition) is 4. The third-order valence-corrected chi connectivity index (χ3v) is 6.59. The molecule has 4 rings (SSSR count). The van der Waals surface area contributed by atoms with Gasteiger partial charge in [0.25, 0.3) is 0 Å². The summed E-state index contributed by atoms with van der Waals surface area (Å²) in [6.07, 6.45) is 5.54. The van der Waals surface area contributed by atoms with Crippen LogP contribution >= 0.6 is 0 Å². The Kier molecular flexibility index (Phi) is 5.41. The first-order chi connectivity index (χ1) is 13.0. The molecule has 0 aromatic carbocycles. The summed E-state index contributed by atoms with van der Waals surface area (Å²) in [5.41, 5.74) is 2.42. The largest absolute Gasteiger partial charge is 0.323 e. The van der Waals surface area contributed by atoms with E-state index in [9.17, 15) is 4.79 Å². The van der Waals surface area contributed by atoms with Gasteiger partial charge in [0.1, 0.15) is 5.82 Å². The van der Waals surface area contributed by atoms with E-state index in [-0.39, 0.29) is 6.03 Å². The van der Waals surface area contributed by atoms with Crippen LogP contribution in [0.3, 0.4) is 0 Å². The number of aromatic nitrogens is 2. The molecule has 0 spiro atoms. The number of amides is 2. The molecule has 1 atom stereocenters. The maximum Gasteiger partial charge on any atom is 0.323 e. The number of hydrogen-bond donors (Lipinski definition) is 1. The lowest BCUT2D eigenvalue weighted by molar-refractivity contribution is 0.0812. The number of fused-ring (bicyclic) bond motifs is 1. The molecule has 1 N–H and O–H groups in total. The normalized spacial score (nSPS) is 24.4. The number of nitrogens with zero attached hydrogens (tertiary/aromatic N) is 5. The van der Waals surface area contributed by atoms with Gasteiger partial charge in [-0.25, -0.2) is 4.79 Å². The molecular weight excluding hydrogens is 340 g/mol. The Morgan fingerprint density at radius 2 is 1.85 bits per heavy atom. The topological polar surface area (TPSA) is 56.6 Å². The summed E-state index contributed by atoms with van der Waals surface area (Å²) >= 11 is 0. The molecule has 1 unspecified atom stereocenters. The molecule has 3 aliphatic rings. The first kappa shape index (κ1) is 18.7. The van der Waals surface area contributed by atoms with Crippen molar-refractivity contribution in [1.29, 1.82) is 0 Å². The SMILES string of the molecule is CC(C)N1CCN(C2CCN(C(=O)Nc3c4c(nn3C)CCCC4)C2)CC1. The molecule has 2 saturated heterocycles. The zero-order valence-electron chi connectivity index (χ0n) is 17.1. The Bertz CT molecular complexity index is 676. The van der Waals surface area contributed by atoms with Crippen molar-refractivity contribution < 1.29 is 4.79 Å². The van der Waals surface area contributed by atoms with E-state index in [1.54, 1.807) is 0 Å². The monoisotopic (exact) mass is 374 g/mol. The molecule has 7 heteroatoms. The van der Waals surface area contributed by atoms with Gasteiger partial charge in [0.15, 0.2) is 0 Å². The van der Waals surface area contributed by atoms with E-state index in [1.807, 2.05) is 16.6 Å². The Labute approximate surface area is 162 Å². The Morgan fingerprint density at radius 1 is 1.11 bits per heavy atom. The van der Waals surface area contributed by atoms with Crippen molar-refractivity contribution in [3.8, 4) is 0 Å². The second kappa shape index (κ2) is 7.80. The average Bonchev–Trinajstić information content (AvgIpc) is 3.27. The molecule has 7 nitrogen and oxygen atoms in total. The van der Waals surface area contributed by atoms with Crippen molar-refractivity contribution in [2.45, 2.75) is 58.0 Å². The van der Waals surface area contributed by atoms with E-state index in [2.05, 4.69) is 34.1 Å². The number of nitrogens with one attached hydrogen (secondary N) is 1. The second-order valence-corrected chi connectivity index (χ2v) is 8.59. The van der Waals surface area contributed by atoms with Crippen molar-refractivity contribution in [3.05, 3.63) is 11.3 Å². The van der Waals surface area contributed by atoms with Crippen LogP contribution in [0, 0.1) is 0 Å². The minimum Gasteiger partial charge on any atom is -0.323 e. The summed E-state index contributed by atoms with van der Waals surface area (Å²) in [5, 5.41) is 7.78. The molecule has 0 saturated carbocycles. The molecule has 0 bridgehead atoms. The van der Waals surface area contributed by atoms with Gasteiger partial charge in [0.2, 0.25) is 0 Å². The predicted octanol–water partition coefficient (Wildman–Crippen LogP) is 1.93. The summed E-state index contributed by atoms with van der Waals surface area (Å²) in [6.45, 7) is 10.8. The molecule has 150 valence electrons. The lowest BCUT2D eigenvalue weighted by Crippen LogP contribution is -2.52. The van der Waals surface area contributed by atoms with Crippen LogP contribution in [0.15, 0.2) is 0 Å². The van der Waals surface area contributed by atoms with Gasteiger partial charge in [-0.05, 0) is 46.0 Å². The first-order valence-electron chi connectivity index (χ1n) is 10.6. The smallest absolute Gasteiger partial charge is 0.323 e. The number of piperazine rings is 1. The van der Waals surface area contributed by atoms with Crippen molar-refractivity contribution in [1.82, 2.24) is 24.5 Å². The number of anilines is 1. The van der Waals surface area contributed by atoms with E-state index >= 15 is 0 Å². The predicted molar refractivity (Wildman–Crippen MR) is 107 cm³/mol. The van der Waals surface area contributed by atoms with E-state index < -0.39 is 0 Å². The van der Waals surface area contributed by atoms with Gasteiger partial charge in [-0.3, -0.25) is 19.8 Å². The van der Waals surface area contributed by atoms with E-state index in [0.29, 0.717) is 12.1 Å². The number of urea groups is 1. The van der Waals surface area contributed by atoms with E-state index in [1.165, 1.54) is 24.1 Å². The van der Waals surface area contributed by atoms with Gasteiger partial charge in [-0.15, -0.1) is 0 Å². The molecule has 0 radical (unpaired) electrons. The summed E-state index contributed by atoms with van der Waals surface area (Å²) < 4.78 is 1.85. The third kappa shape index (κ3) is 3.85. The van der Waals surface area contributed by atoms with Crippen molar-refractivity contribution >= 4 is 11.8 Å². The van der Waals surface area contributed by atoms with Gasteiger partial charge in [-0.1, -0.05) is 0 Å². The van der Waals surface area contributed by atoms with Crippen LogP contribution in [-0.2, 0) is 19.9 Å². The van der Waals surface area contributed by atoms with Crippen LogP contribution in [0.1, 0.15) is 44.4 Å². The average molecular weight is 375 g/mol. The van der Waals surface area contributed by atoms with Gasteiger partial charge >= 0.3 is 6.03 Å². The van der Waals surface area contributed by atoms with Crippen LogP contribution in [0.5, 0.6) is 0 Å². The van der Waals surface area contributed by atoms with Gasteiger partial charge in [0.05, 0.1) is 5.69 Å². The minimum absolute atomic E-state index is 0.0367. The summed E-state index contributed by atoms with van der Waals surface area (Å²) in [5.74, 6) is 0.906. The third-order valence-electron chi connectivity index (χ3n) is 6.59. The van der Waals surface area contributed by atoms with Crippen LogP contribution in [-0.4, -0.2) is 81.9 Å². The van der Waals surface area contributed by atoms with Crippen LogP contribution in [0.25, 0.3) is 0 Å².